The van der Waals surface area contributed by atoms with Crippen molar-refractivity contribution in [2.45, 2.75) is 42.6 Å². The molecule has 2 aromatic heterocycles. The van der Waals surface area contributed by atoms with E-state index < -0.39 is 0 Å². The van der Waals surface area contributed by atoms with Crippen LogP contribution in [0.3, 0.4) is 0 Å². The highest BCUT2D eigenvalue weighted by Gasteiger charge is 2.31. The van der Waals surface area contributed by atoms with Gasteiger partial charge in [-0.1, -0.05) is 17.8 Å². The van der Waals surface area contributed by atoms with Crippen molar-refractivity contribution >= 4 is 40.5 Å². The van der Waals surface area contributed by atoms with E-state index in [0.29, 0.717) is 23.0 Å². The lowest BCUT2D eigenvalue weighted by Gasteiger charge is -2.19. The highest BCUT2D eigenvalue weighted by molar-refractivity contribution is 8.00. The van der Waals surface area contributed by atoms with E-state index in [4.69, 9.17) is 4.74 Å². The van der Waals surface area contributed by atoms with Gasteiger partial charge in [0.2, 0.25) is 0 Å². The van der Waals surface area contributed by atoms with Gasteiger partial charge >= 0.3 is 0 Å². The number of fused-ring (bicyclic) bond motifs is 1. The summed E-state index contributed by atoms with van der Waals surface area (Å²) in [6.45, 7) is 1.88. The summed E-state index contributed by atoms with van der Waals surface area (Å²) in [5.41, 5.74) is 1.07. The van der Waals surface area contributed by atoms with Crippen molar-refractivity contribution in [3.05, 3.63) is 52.0 Å². The number of aromatic nitrogens is 3. The number of carbonyl (C=O) groups is 2. The highest BCUT2D eigenvalue weighted by Crippen LogP contribution is 2.40. The minimum atomic E-state index is -0.334. The zero-order valence-corrected chi connectivity index (χ0v) is 18.0. The number of ketones is 1. The number of thiophene rings is 1. The molecule has 3 aromatic rings. The fourth-order valence-corrected chi connectivity index (χ4v) is 5.18. The van der Waals surface area contributed by atoms with Crippen molar-refractivity contribution in [2.24, 2.45) is 0 Å². The Labute approximate surface area is 181 Å². The van der Waals surface area contributed by atoms with Gasteiger partial charge in [0.15, 0.2) is 17.5 Å². The van der Waals surface area contributed by atoms with Gasteiger partial charge in [0.05, 0.1) is 10.9 Å². The van der Waals surface area contributed by atoms with Crippen molar-refractivity contribution in [3.8, 4) is 5.75 Å². The molecule has 0 unspecified atom stereocenters. The van der Waals surface area contributed by atoms with E-state index in [2.05, 4.69) is 31.5 Å². The average molecular weight is 441 g/mol. The van der Waals surface area contributed by atoms with Crippen molar-refractivity contribution in [1.29, 1.82) is 0 Å². The fourth-order valence-electron chi connectivity index (χ4n) is 3.46. The molecule has 1 saturated carbocycles. The van der Waals surface area contributed by atoms with E-state index in [-0.39, 0.29) is 23.5 Å². The van der Waals surface area contributed by atoms with Crippen LogP contribution < -0.4 is 10.1 Å². The summed E-state index contributed by atoms with van der Waals surface area (Å²) >= 11 is 3.15. The number of benzene rings is 1. The van der Waals surface area contributed by atoms with Crippen LogP contribution in [0.5, 0.6) is 5.75 Å². The minimum Gasteiger partial charge on any atom is -0.482 e. The van der Waals surface area contributed by atoms with E-state index in [1.807, 2.05) is 13.0 Å². The minimum absolute atomic E-state index is 0.00280. The molecule has 0 bridgehead atoms. The van der Waals surface area contributed by atoms with Gasteiger partial charge in [0.25, 0.3) is 5.91 Å². The second-order valence-corrected chi connectivity index (χ2v) is 9.77. The second-order valence-electron chi connectivity index (χ2n) is 7.43. The SMILES string of the molecule is C[C@H](Sc1nnc(Cc2cccs2)n1C1CC1)C(=O)c1ccc2c(c1)NC(=O)CO2. The molecule has 1 N–H and O–H groups in total. The number of carbonyl (C=O) groups excluding carboxylic acids is 2. The van der Waals surface area contributed by atoms with E-state index in [1.54, 1.807) is 29.5 Å². The average Bonchev–Trinajstić information content (AvgIpc) is 3.30. The predicted octanol–water partition coefficient (Wildman–Crippen LogP) is 3.96. The summed E-state index contributed by atoms with van der Waals surface area (Å²) in [5, 5.41) is 14.1. The van der Waals surface area contributed by atoms with Gasteiger partial charge in [0.1, 0.15) is 11.6 Å². The highest BCUT2D eigenvalue weighted by atomic mass is 32.2. The molecule has 154 valence electrons. The van der Waals surface area contributed by atoms with Gasteiger partial charge in [0, 0.05) is 22.9 Å². The maximum absolute atomic E-state index is 13.0. The first-order valence-corrected chi connectivity index (χ1v) is 11.6. The molecule has 7 nitrogen and oxygen atoms in total. The largest absolute Gasteiger partial charge is 0.482 e. The van der Waals surface area contributed by atoms with Crippen molar-refractivity contribution in [3.63, 3.8) is 0 Å². The standard InChI is InChI=1S/C21H20N4O3S2/c1-12(20(27)13-4-7-17-16(9-13)22-19(26)11-28-17)30-21-24-23-18(25(21)14-5-6-14)10-15-3-2-8-29-15/h2-4,7-9,12,14H,5-6,10-11H2,1H3,(H,22,26)/t12-/m0/s1. The molecule has 9 heteroatoms. The van der Waals surface area contributed by atoms with Crippen LogP contribution in [0.1, 0.15) is 46.9 Å². The first kappa shape index (κ1) is 19.3. The summed E-state index contributed by atoms with van der Waals surface area (Å²) in [6.07, 6.45) is 3.00. The molecular formula is C21H20N4O3S2. The van der Waals surface area contributed by atoms with Gasteiger partial charge < -0.3 is 14.6 Å². The monoisotopic (exact) mass is 440 g/mol. The van der Waals surface area contributed by atoms with Crippen LogP contribution in [0, 0.1) is 0 Å². The molecule has 0 radical (unpaired) electrons. The molecular weight excluding hydrogens is 420 g/mol. The Morgan fingerprint density at radius 2 is 2.23 bits per heavy atom. The molecule has 30 heavy (non-hydrogen) atoms. The Balaban J connectivity index is 1.34. The fraction of sp³-hybridized carbons (Fsp3) is 0.333. The Morgan fingerprint density at radius 3 is 3.00 bits per heavy atom. The third-order valence-corrected chi connectivity index (χ3v) is 7.04. The van der Waals surface area contributed by atoms with Gasteiger partial charge in [-0.05, 0) is 49.4 Å². The Bertz CT molecular complexity index is 1110. The number of thioether (sulfide) groups is 1. The zero-order chi connectivity index (χ0) is 20.7. The van der Waals surface area contributed by atoms with Crippen LogP contribution >= 0.6 is 23.1 Å². The van der Waals surface area contributed by atoms with Crippen LogP contribution in [0.4, 0.5) is 5.69 Å². The summed E-state index contributed by atoms with van der Waals surface area (Å²) in [5.74, 6) is 1.30. The predicted molar refractivity (Wildman–Crippen MR) is 116 cm³/mol. The Morgan fingerprint density at radius 1 is 1.37 bits per heavy atom. The van der Waals surface area contributed by atoms with E-state index >= 15 is 0 Å². The number of amides is 1. The van der Waals surface area contributed by atoms with Crippen LogP contribution in [-0.2, 0) is 11.2 Å². The van der Waals surface area contributed by atoms with Crippen LogP contribution in [-0.4, -0.2) is 38.3 Å². The molecule has 5 rings (SSSR count). The summed E-state index contributed by atoms with van der Waals surface area (Å²) < 4.78 is 7.58. The Hall–Kier alpha value is -2.65. The van der Waals surface area contributed by atoms with E-state index in [0.717, 1.165) is 30.2 Å². The second kappa shape index (κ2) is 7.88. The van der Waals surface area contributed by atoms with E-state index in [1.165, 1.54) is 16.6 Å². The Kier molecular flexibility index (Phi) is 5.08. The molecule has 0 saturated heterocycles. The lowest BCUT2D eigenvalue weighted by molar-refractivity contribution is -0.118. The third-order valence-electron chi connectivity index (χ3n) is 5.11. The molecule has 1 aliphatic carbocycles. The van der Waals surface area contributed by atoms with Crippen molar-refractivity contribution in [2.75, 3.05) is 11.9 Å². The first-order valence-electron chi connectivity index (χ1n) is 9.82. The maximum atomic E-state index is 13.0. The quantitative estimate of drug-likeness (QED) is 0.442. The van der Waals surface area contributed by atoms with Crippen molar-refractivity contribution < 1.29 is 14.3 Å². The number of hydrogen-bond acceptors (Lipinski definition) is 7. The molecule has 2 aliphatic rings. The van der Waals surface area contributed by atoms with Gasteiger partial charge in [-0.15, -0.1) is 21.5 Å². The summed E-state index contributed by atoms with van der Waals surface area (Å²) in [4.78, 5) is 25.9. The van der Waals surface area contributed by atoms with Crippen LogP contribution in [0.25, 0.3) is 0 Å². The number of nitrogens with one attached hydrogen (secondary N) is 1. The lowest BCUT2D eigenvalue weighted by atomic mass is 10.1. The van der Waals surface area contributed by atoms with Gasteiger partial charge in [-0.3, -0.25) is 9.59 Å². The number of anilines is 1. The summed E-state index contributed by atoms with van der Waals surface area (Å²) in [7, 11) is 0. The number of Topliss-reactive ketones (excluding diaryl/α,β-unsaturated/α-hetero) is 1. The van der Waals surface area contributed by atoms with Gasteiger partial charge in [-0.25, -0.2) is 0 Å². The normalized spacial score (nSPS) is 16.5. The maximum Gasteiger partial charge on any atom is 0.262 e. The first-order chi connectivity index (χ1) is 14.6. The molecule has 3 heterocycles. The number of ether oxygens (including phenoxy) is 1. The molecule has 1 amide bonds. The van der Waals surface area contributed by atoms with Crippen LogP contribution in [0.2, 0.25) is 0 Å². The molecule has 1 fully saturated rings. The number of nitrogens with zero attached hydrogens (tertiary/aromatic N) is 3. The zero-order valence-electron chi connectivity index (χ0n) is 16.3. The molecule has 0 spiro atoms. The number of hydrogen-bond donors (Lipinski definition) is 1. The topological polar surface area (TPSA) is 86.1 Å². The summed E-state index contributed by atoms with van der Waals surface area (Å²) in [6, 6.07) is 9.72. The van der Waals surface area contributed by atoms with Crippen LogP contribution in [0.15, 0.2) is 40.9 Å². The van der Waals surface area contributed by atoms with Crippen molar-refractivity contribution in [1.82, 2.24) is 14.8 Å². The third kappa shape index (κ3) is 3.87. The lowest BCUT2D eigenvalue weighted by Crippen LogP contribution is -2.25. The van der Waals surface area contributed by atoms with Gasteiger partial charge in [-0.2, -0.15) is 0 Å². The molecule has 1 atom stereocenters. The number of rotatable bonds is 7. The smallest absolute Gasteiger partial charge is 0.262 e. The molecule has 1 aliphatic heterocycles. The molecule has 1 aromatic carbocycles. The van der Waals surface area contributed by atoms with E-state index in [9.17, 15) is 9.59 Å².